The molecule has 0 bridgehead atoms. The minimum absolute atomic E-state index is 0.0611. The van der Waals surface area contributed by atoms with Gasteiger partial charge in [-0.3, -0.25) is 19.9 Å². The van der Waals surface area contributed by atoms with Crippen molar-refractivity contribution in [1.29, 1.82) is 0 Å². The highest BCUT2D eigenvalue weighted by atomic mass is 28.4. The molecule has 11 heteroatoms. The Morgan fingerprint density at radius 3 is 1.81 bits per heavy atom. The predicted molar refractivity (Wildman–Crippen MR) is 172 cm³/mol. The van der Waals surface area contributed by atoms with Gasteiger partial charge in [-0.1, -0.05) is 83.1 Å². The molecule has 238 valence electrons. The SMILES string of the molecule is CC(=O)OCC1OC(c2ccncc2[N+](=O)[O-])=CC(O[Si](C(C)C)(C(C)C)C(C)C)C1O[Si](C(C)C)(C(C)C)C(C)C. The standard InChI is InChI=1S/C31H54N2O7Si2/c1-19(2)41(20(3)4,21(5)6)39-29-16-28(26-14-15-32-17-27(26)33(35)36)38-30(18-37-25(13)34)31(29)40-42(22(7)8,23(9)10)24(11)12/h14-17,19-24,29-31H,18H2,1-13H3. The first-order valence-electron chi connectivity index (χ1n) is 15.4. The summed E-state index contributed by atoms with van der Waals surface area (Å²) in [4.78, 5) is 27.5. The first-order chi connectivity index (χ1) is 19.4. The van der Waals surface area contributed by atoms with Gasteiger partial charge in [-0.25, -0.2) is 0 Å². The third-order valence-corrected chi connectivity index (χ3v) is 21.3. The second-order valence-electron chi connectivity index (χ2n) is 13.4. The van der Waals surface area contributed by atoms with Crippen LogP contribution in [0.5, 0.6) is 0 Å². The Labute approximate surface area is 255 Å². The van der Waals surface area contributed by atoms with Crippen LogP contribution in [0.2, 0.25) is 33.2 Å². The summed E-state index contributed by atoms with van der Waals surface area (Å²) in [6.45, 7) is 28.0. The van der Waals surface area contributed by atoms with Gasteiger partial charge in [-0.15, -0.1) is 0 Å². The van der Waals surface area contributed by atoms with Gasteiger partial charge in [0, 0.05) is 13.1 Å². The van der Waals surface area contributed by atoms with E-state index in [9.17, 15) is 14.9 Å². The van der Waals surface area contributed by atoms with Gasteiger partial charge in [0.2, 0.25) is 16.6 Å². The fourth-order valence-electron chi connectivity index (χ4n) is 7.48. The number of rotatable bonds is 14. The van der Waals surface area contributed by atoms with Crippen molar-refractivity contribution in [2.75, 3.05) is 6.61 Å². The van der Waals surface area contributed by atoms with Crippen LogP contribution in [-0.2, 0) is 23.1 Å². The molecular formula is C31H54N2O7Si2. The Morgan fingerprint density at radius 2 is 1.38 bits per heavy atom. The van der Waals surface area contributed by atoms with Crippen molar-refractivity contribution in [2.45, 2.75) is 142 Å². The lowest BCUT2D eigenvalue weighted by molar-refractivity contribution is -0.385. The van der Waals surface area contributed by atoms with Gasteiger partial charge in [-0.05, 0) is 45.4 Å². The Hall–Kier alpha value is -2.09. The molecular weight excluding hydrogens is 569 g/mol. The van der Waals surface area contributed by atoms with Crippen molar-refractivity contribution < 1.29 is 28.0 Å². The number of nitro groups is 1. The van der Waals surface area contributed by atoms with Gasteiger partial charge >= 0.3 is 5.97 Å². The molecule has 1 aliphatic rings. The molecule has 0 saturated heterocycles. The molecule has 0 N–H and O–H groups in total. The zero-order valence-electron chi connectivity index (χ0n) is 28.0. The van der Waals surface area contributed by atoms with Crippen molar-refractivity contribution in [3.63, 3.8) is 0 Å². The van der Waals surface area contributed by atoms with Crippen LogP contribution >= 0.6 is 0 Å². The molecule has 2 heterocycles. The van der Waals surface area contributed by atoms with Crippen molar-refractivity contribution in [3.05, 3.63) is 40.2 Å². The van der Waals surface area contributed by atoms with Crippen molar-refractivity contribution >= 4 is 34.1 Å². The molecule has 3 atom stereocenters. The normalized spacial score (nSPS) is 20.1. The van der Waals surface area contributed by atoms with Crippen molar-refractivity contribution in [3.8, 4) is 0 Å². The summed E-state index contributed by atoms with van der Waals surface area (Å²) in [5, 5.41) is 12.0. The van der Waals surface area contributed by atoms with Gasteiger partial charge in [0.25, 0.3) is 5.69 Å². The number of carbonyl (C=O) groups is 1. The lowest BCUT2D eigenvalue weighted by atomic mass is 10.0. The molecule has 0 radical (unpaired) electrons. The van der Waals surface area contributed by atoms with Crippen LogP contribution in [0.3, 0.4) is 0 Å². The predicted octanol–water partition coefficient (Wildman–Crippen LogP) is 8.41. The second-order valence-corrected chi connectivity index (χ2v) is 24.3. The molecule has 0 saturated carbocycles. The van der Waals surface area contributed by atoms with E-state index in [1.54, 1.807) is 6.07 Å². The minimum atomic E-state index is -2.47. The maximum atomic E-state index is 12.0. The van der Waals surface area contributed by atoms with Crippen LogP contribution in [0.25, 0.3) is 5.76 Å². The highest BCUT2D eigenvalue weighted by molar-refractivity contribution is 6.78. The molecule has 0 aromatic carbocycles. The van der Waals surface area contributed by atoms with Crippen molar-refractivity contribution in [2.24, 2.45) is 0 Å². The summed E-state index contributed by atoms with van der Waals surface area (Å²) < 4.78 is 26.9. The van der Waals surface area contributed by atoms with E-state index >= 15 is 0 Å². The van der Waals surface area contributed by atoms with E-state index in [-0.39, 0.29) is 12.3 Å². The maximum Gasteiger partial charge on any atom is 0.302 e. The molecule has 42 heavy (non-hydrogen) atoms. The minimum Gasteiger partial charge on any atom is -0.483 e. The third-order valence-electron chi connectivity index (χ3n) is 9.09. The zero-order chi connectivity index (χ0) is 32.2. The highest BCUT2D eigenvalue weighted by Gasteiger charge is 2.54. The van der Waals surface area contributed by atoms with Gasteiger partial charge in [-0.2, -0.15) is 0 Å². The highest BCUT2D eigenvalue weighted by Crippen LogP contribution is 2.48. The molecule has 0 fully saturated rings. The number of hydrogen-bond acceptors (Lipinski definition) is 8. The lowest BCUT2D eigenvalue weighted by Crippen LogP contribution is -2.60. The number of esters is 1. The van der Waals surface area contributed by atoms with E-state index in [1.165, 1.54) is 19.3 Å². The number of ether oxygens (including phenoxy) is 2. The second kappa shape index (κ2) is 14.6. The zero-order valence-corrected chi connectivity index (χ0v) is 30.0. The topological polar surface area (TPSA) is 110 Å². The summed E-state index contributed by atoms with van der Waals surface area (Å²) in [5.41, 5.74) is 1.90. The summed E-state index contributed by atoms with van der Waals surface area (Å²) >= 11 is 0. The van der Waals surface area contributed by atoms with Crippen LogP contribution < -0.4 is 0 Å². The molecule has 1 aromatic heterocycles. The van der Waals surface area contributed by atoms with E-state index < -0.39 is 45.8 Å². The number of hydrogen-bond donors (Lipinski definition) is 0. The van der Waals surface area contributed by atoms with Crippen LogP contribution in [0.4, 0.5) is 5.69 Å². The average molecular weight is 623 g/mol. The molecule has 3 unspecified atom stereocenters. The average Bonchev–Trinajstić information content (AvgIpc) is 2.88. The largest absolute Gasteiger partial charge is 0.483 e. The summed E-state index contributed by atoms with van der Waals surface area (Å²) in [6.07, 6.45) is 2.73. The maximum absolute atomic E-state index is 12.0. The fraction of sp³-hybridized carbons (Fsp3) is 0.742. The summed E-state index contributed by atoms with van der Waals surface area (Å²) in [6, 6.07) is 1.58. The molecule has 9 nitrogen and oxygen atoms in total. The Kier molecular flexibility index (Phi) is 12.5. The monoisotopic (exact) mass is 622 g/mol. The van der Waals surface area contributed by atoms with E-state index in [1.807, 2.05) is 6.08 Å². The third kappa shape index (κ3) is 7.34. The van der Waals surface area contributed by atoms with Crippen LogP contribution in [0.15, 0.2) is 24.5 Å². The van der Waals surface area contributed by atoms with Crippen LogP contribution in [0.1, 0.15) is 95.6 Å². The van der Waals surface area contributed by atoms with Crippen molar-refractivity contribution in [1.82, 2.24) is 4.98 Å². The van der Waals surface area contributed by atoms with Gasteiger partial charge < -0.3 is 18.3 Å². The molecule has 1 aliphatic heterocycles. The molecule has 0 amide bonds. The number of nitrogens with zero attached hydrogens (tertiary/aromatic N) is 2. The quantitative estimate of drug-likeness (QED) is 0.0880. The van der Waals surface area contributed by atoms with E-state index in [2.05, 4.69) is 88.1 Å². The lowest BCUT2D eigenvalue weighted by Gasteiger charge is -2.51. The summed E-state index contributed by atoms with van der Waals surface area (Å²) in [7, 11) is -4.95. The van der Waals surface area contributed by atoms with E-state index in [4.69, 9.17) is 18.3 Å². The summed E-state index contributed by atoms with van der Waals surface area (Å²) in [5.74, 6) is -0.118. The molecule has 2 rings (SSSR count). The Bertz CT molecular complexity index is 1060. The van der Waals surface area contributed by atoms with E-state index in [0.717, 1.165) is 0 Å². The van der Waals surface area contributed by atoms with Crippen LogP contribution in [0, 0.1) is 10.1 Å². The van der Waals surface area contributed by atoms with Gasteiger partial charge in [0.1, 0.15) is 24.7 Å². The number of carbonyl (C=O) groups excluding carboxylic acids is 1. The Balaban J connectivity index is 2.90. The van der Waals surface area contributed by atoms with E-state index in [0.29, 0.717) is 44.6 Å². The van der Waals surface area contributed by atoms with Crippen LogP contribution in [-0.4, -0.2) is 57.4 Å². The Morgan fingerprint density at radius 1 is 0.905 bits per heavy atom. The molecule has 1 aromatic rings. The molecule has 0 aliphatic carbocycles. The number of aromatic nitrogens is 1. The number of pyridine rings is 1. The first kappa shape index (κ1) is 36.1. The van der Waals surface area contributed by atoms with Gasteiger partial charge in [0.15, 0.2) is 6.10 Å². The molecule has 0 spiro atoms. The van der Waals surface area contributed by atoms with Gasteiger partial charge in [0.05, 0.1) is 16.6 Å². The smallest absolute Gasteiger partial charge is 0.302 e. The first-order valence-corrected chi connectivity index (χ1v) is 19.7. The fourth-order valence-corrected chi connectivity index (χ4v) is 18.5.